The van der Waals surface area contributed by atoms with Gasteiger partial charge in [0.25, 0.3) is 0 Å². The van der Waals surface area contributed by atoms with Crippen LogP contribution in [0.1, 0.15) is 11.1 Å². The van der Waals surface area contributed by atoms with E-state index in [1.807, 2.05) is 0 Å². The van der Waals surface area contributed by atoms with E-state index < -0.39 is 104 Å². The highest BCUT2D eigenvalue weighted by Crippen LogP contribution is 2.48. The van der Waals surface area contributed by atoms with Crippen molar-refractivity contribution in [2.45, 2.75) is 12.4 Å². The second-order valence-electron chi connectivity index (χ2n) is 7.26. The van der Waals surface area contributed by atoms with Crippen LogP contribution in [0.5, 0.6) is 11.5 Å². The molecule has 2 nitrogen and oxygen atoms in total. The van der Waals surface area contributed by atoms with Crippen molar-refractivity contribution < 1.29 is 70.9 Å². The first-order chi connectivity index (χ1) is 17.4. The van der Waals surface area contributed by atoms with E-state index in [1.54, 1.807) is 0 Å². The van der Waals surface area contributed by atoms with Gasteiger partial charge in [-0.25, -0.2) is 35.1 Å². The highest BCUT2D eigenvalue weighted by molar-refractivity contribution is 5.82. The van der Waals surface area contributed by atoms with Crippen LogP contribution < -0.4 is 9.47 Å². The minimum atomic E-state index is -5.88. The molecule has 0 N–H and O–H groups in total. The van der Waals surface area contributed by atoms with Crippen LogP contribution in [0.4, 0.5) is 61.5 Å². The molecule has 0 aromatic heterocycles. The standard InChI is InChI=1S/C22H8F14O2/c1-37-7-3-6(10-15(25)19(29)12(22(34,35)36)20(30)16(10)26)8(38-2)4-5(7)9-13(23)17(27)11(21(31,32)33)18(28)14(9)24/h3-4H,1-2H3. The molecule has 3 rings (SSSR count). The van der Waals surface area contributed by atoms with Gasteiger partial charge in [-0.2, -0.15) is 26.3 Å². The molecule has 0 bridgehead atoms. The lowest BCUT2D eigenvalue weighted by atomic mass is 9.94. The smallest absolute Gasteiger partial charge is 0.422 e. The molecule has 0 heterocycles. The average Bonchev–Trinajstić information content (AvgIpc) is 2.80. The second kappa shape index (κ2) is 9.54. The fraction of sp³-hybridized carbons (Fsp3) is 0.182. The van der Waals surface area contributed by atoms with Gasteiger partial charge in [0, 0.05) is 11.1 Å². The Hall–Kier alpha value is -3.72. The molecule has 3 aromatic carbocycles. The Morgan fingerprint density at radius 3 is 0.868 bits per heavy atom. The van der Waals surface area contributed by atoms with E-state index in [-0.39, 0.29) is 0 Å². The number of rotatable bonds is 4. The lowest BCUT2D eigenvalue weighted by Gasteiger charge is -2.19. The number of hydrogen-bond acceptors (Lipinski definition) is 2. The van der Waals surface area contributed by atoms with Crippen LogP contribution in [-0.4, -0.2) is 14.2 Å². The number of methoxy groups -OCH3 is 2. The van der Waals surface area contributed by atoms with Gasteiger partial charge in [0.2, 0.25) is 0 Å². The Bertz CT molecular complexity index is 1270. The van der Waals surface area contributed by atoms with Gasteiger partial charge in [-0.05, 0) is 12.1 Å². The average molecular weight is 570 g/mol. The van der Waals surface area contributed by atoms with E-state index >= 15 is 0 Å². The normalized spacial score (nSPS) is 12.2. The van der Waals surface area contributed by atoms with Crippen LogP contribution in [0.2, 0.25) is 0 Å². The summed E-state index contributed by atoms with van der Waals surface area (Å²) in [4.78, 5) is 0. The van der Waals surface area contributed by atoms with Gasteiger partial charge >= 0.3 is 12.4 Å². The van der Waals surface area contributed by atoms with Crippen LogP contribution in [0, 0.1) is 46.5 Å². The number of hydrogen-bond donors (Lipinski definition) is 0. The molecule has 0 atom stereocenters. The van der Waals surface area contributed by atoms with Crippen molar-refractivity contribution in [3.8, 4) is 33.8 Å². The van der Waals surface area contributed by atoms with Gasteiger partial charge in [-0.1, -0.05) is 0 Å². The van der Waals surface area contributed by atoms with Crippen LogP contribution in [-0.2, 0) is 12.4 Å². The second-order valence-corrected chi connectivity index (χ2v) is 7.26. The Balaban J connectivity index is 2.43. The maximum absolute atomic E-state index is 14.6. The zero-order chi connectivity index (χ0) is 29.1. The minimum Gasteiger partial charge on any atom is -0.496 e. The predicted octanol–water partition coefficient (Wildman–Crippen LogP) is 8.19. The quantitative estimate of drug-likeness (QED) is 0.233. The number of halogens is 14. The summed E-state index contributed by atoms with van der Waals surface area (Å²) in [7, 11) is 1.37. The van der Waals surface area contributed by atoms with E-state index in [4.69, 9.17) is 9.47 Å². The van der Waals surface area contributed by atoms with Crippen LogP contribution in [0.25, 0.3) is 22.3 Å². The van der Waals surface area contributed by atoms with Crippen molar-refractivity contribution in [2.24, 2.45) is 0 Å². The number of ether oxygens (including phenoxy) is 2. The number of alkyl halides is 6. The van der Waals surface area contributed by atoms with Gasteiger partial charge in [0.1, 0.15) is 22.6 Å². The van der Waals surface area contributed by atoms with Gasteiger partial charge in [-0.3, -0.25) is 0 Å². The summed E-state index contributed by atoms with van der Waals surface area (Å²) < 4.78 is 202. The Morgan fingerprint density at radius 2 is 0.684 bits per heavy atom. The summed E-state index contributed by atoms with van der Waals surface area (Å²) in [6.07, 6.45) is -11.8. The minimum absolute atomic E-state index is 0.300. The van der Waals surface area contributed by atoms with E-state index in [9.17, 15) is 61.5 Å². The number of benzene rings is 3. The molecule has 0 aliphatic heterocycles. The third-order valence-electron chi connectivity index (χ3n) is 5.15. The van der Waals surface area contributed by atoms with E-state index in [2.05, 4.69) is 0 Å². The van der Waals surface area contributed by atoms with Gasteiger partial charge in [0.05, 0.1) is 25.3 Å². The summed E-state index contributed by atoms with van der Waals surface area (Å²) in [6, 6.07) is 0.600. The van der Waals surface area contributed by atoms with Crippen molar-refractivity contribution in [3.05, 3.63) is 69.8 Å². The Morgan fingerprint density at radius 1 is 0.447 bits per heavy atom. The monoisotopic (exact) mass is 570 g/mol. The largest absolute Gasteiger partial charge is 0.496 e. The van der Waals surface area contributed by atoms with Gasteiger partial charge in [0.15, 0.2) is 46.5 Å². The van der Waals surface area contributed by atoms with Crippen molar-refractivity contribution in [3.63, 3.8) is 0 Å². The maximum atomic E-state index is 14.6. The van der Waals surface area contributed by atoms with Crippen molar-refractivity contribution >= 4 is 0 Å². The van der Waals surface area contributed by atoms with E-state index in [0.717, 1.165) is 0 Å². The topological polar surface area (TPSA) is 18.5 Å². The fourth-order valence-electron chi connectivity index (χ4n) is 3.52. The van der Waals surface area contributed by atoms with Crippen molar-refractivity contribution in [1.82, 2.24) is 0 Å². The maximum Gasteiger partial charge on any atom is 0.422 e. The van der Waals surface area contributed by atoms with Crippen LogP contribution in [0.3, 0.4) is 0 Å². The molecule has 0 radical (unpaired) electrons. The zero-order valence-electron chi connectivity index (χ0n) is 18.3. The molecular formula is C22H8F14O2. The molecule has 0 unspecified atom stereocenters. The molecule has 3 aromatic rings. The van der Waals surface area contributed by atoms with Crippen molar-refractivity contribution in [2.75, 3.05) is 14.2 Å². The highest BCUT2D eigenvalue weighted by Gasteiger charge is 2.44. The molecule has 0 spiro atoms. The van der Waals surface area contributed by atoms with E-state index in [1.165, 1.54) is 0 Å². The summed E-state index contributed by atoms with van der Waals surface area (Å²) >= 11 is 0. The first-order valence-electron chi connectivity index (χ1n) is 9.53. The Kier molecular flexibility index (Phi) is 7.24. The first-order valence-corrected chi connectivity index (χ1v) is 9.53. The summed E-state index contributed by atoms with van der Waals surface area (Å²) in [6.45, 7) is 0. The molecule has 0 fully saturated rings. The summed E-state index contributed by atoms with van der Waals surface area (Å²) in [5, 5.41) is 0. The molecule has 206 valence electrons. The molecule has 16 heteroatoms. The van der Waals surface area contributed by atoms with Gasteiger partial charge < -0.3 is 9.47 Å². The Labute approximate surface area is 202 Å². The fourth-order valence-corrected chi connectivity index (χ4v) is 3.52. The highest BCUT2D eigenvalue weighted by atomic mass is 19.4. The van der Waals surface area contributed by atoms with Gasteiger partial charge in [-0.15, -0.1) is 0 Å². The summed E-state index contributed by atoms with van der Waals surface area (Å²) in [5.41, 5.74) is -11.7. The van der Waals surface area contributed by atoms with Crippen LogP contribution in [0.15, 0.2) is 12.1 Å². The van der Waals surface area contributed by atoms with Crippen molar-refractivity contribution in [1.29, 1.82) is 0 Å². The lowest BCUT2D eigenvalue weighted by Crippen LogP contribution is -2.16. The van der Waals surface area contributed by atoms with Crippen LogP contribution >= 0.6 is 0 Å². The molecule has 0 saturated carbocycles. The SMILES string of the molecule is COc1cc(-c2c(F)c(F)c(C(F)(F)F)c(F)c2F)c(OC)cc1-c1c(F)c(F)c(C(F)(F)F)c(F)c1F. The molecular weight excluding hydrogens is 562 g/mol. The molecule has 38 heavy (non-hydrogen) atoms. The third kappa shape index (κ3) is 4.45. The van der Waals surface area contributed by atoms with E-state index in [0.29, 0.717) is 26.4 Å². The first kappa shape index (κ1) is 28.8. The summed E-state index contributed by atoms with van der Waals surface area (Å²) in [5.74, 6) is -23.9. The third-order valence-corrected chi connectivity index (χ3v) is 5.15. The zero-order valence-corrected chi connectivity index (χ0v) is 18.3. The molecule has 0 saturated heterocycles. The lowest BCUT2D eigenvalue weighted by molar-refractivity contribution is -0.144. The molecule has 0 amide bonds. The molecule has 0 aliphatic rings. The molecule has 0 aliphatic carbocycles. The predicted molar refractivity (Wildman–Crippen MR) is 100 cm³/mol.